The van der Waals surface area contributed by atoms with Crippen molar-refractivity contribution in [2.45, 2.75) is 11.8 Å². The van der Waals surface area contributed by atoms with E-state index in [0.717, 1.165) is 5.56 Å². The molecule has 1 heterocycles. The monoisotopic (exact) mass is 440 g/mol. The van der Waals surface area contributed by atoms with Crippen molar-refractivity contribution in [2.24, 2.45) is 0 Å². The van der Waals surface area contributed by atoms with E-state index in [1.54, 1.807) is 28.6 Å². The number of sulfonamides is 1. The van der Waals surface area contributed by atoms with Crippen LogP contribution < -0.4 is 0 Å². The fourth-order valence-electron chi connectivity index (χ4n) is 4.01. The van der Waals surface area contributed by atoms with Gasteiger partial charge in [-0.2, -0.15) is 4.31 Å². The van der Waals surface area contributed by atoms with E-state index >= 15 is 0 Å². The molecule has 0 amide bonds. The standard InChI is InChI=1S/C24H25ClN2O2S/c25-23-13-11-20(12-14-23)19-30(28,29)27-17-15-26(16-18-27)24(21-7-3-1-4-8-21)22-9-5-2-6-10-22/h1-14,24H,15-19H2. The maximum atomic E-state index is 12.9. The van der Waals surface area contributed by atoms with E-state index in [1.807, 2.05) is 12.1 Å². The summed E-state index contributed by atoms with van der Waals surface area (Å²) in [5.74, 6) is 0.00493. The lowest BCUT2D eigenvalue weighted by Gasteiger charge is -2.39. The van der Waals surface area contributed by atoms with Crippen LogP contribution in [0.1, 0.15) is 22.7 Å². The molecule has 4 nitrogen and oxygen atoms in total. The first kappa shape index (κ1) is 21.1. The molecule has 0 N–H and O–H groups in total. The van der Waals surface area contributed by atoms with Crippen molar-refractivity contribution in [1.82, 2.24) is 9.21 Å². The summed E-state index contributed by atoms with van der Waals surface area (Å²) in [7, 11) is -3.36. The van der Waals surface area contributed by atoms with E-state index in [9.17, 15) is 8.42 Å². The number of hydrogen-bond donors (Lipinski definition) is 0. The van der Waals surface area contributed by atoms with Gasteiger partial charge in [-0.15, -0.1) is 0 Å². The molecule has 1 fully saturated rings. The fraction of sp³-hybridized carbons (Fsp3) is 0.250. The topological polar surface area (TPSA) is 40.6 Å². The number of piperazine rings is 1. The van der Waals surface area contributed by atoms with Gasteiger partial charge >= 0.3 is 0 Å². The Balaban J connectivity index is 1.48. The average Bonchev–Trinajstić information content (AvgIpc) is 2.77. The van der Waals surface area contributed by atoms with Gasteiger partial charge < -0.3 is 0 Å². The van der Waals surface area contributed by atoms with E-state index in [0.29, 0.717) is 31.2 Å². The minimum atomic E-state index is -3.36. The van der Waals surface area contributed by atoms with Crippen molar-refractivity contribution in [3.8, 4) is 0 Å². The van der Waals surface area contributed by atoms with Gasteiger partial charge in [0.05, 0.1) is 11.8 Å². The molecule has 0 atom stereocenters. The molecule has 0 spiro atoms. The molecule has 0 saturated carbocycles. The molecule has 156 valence electrons. The summed E-state index contributed by atoms with van der Waals surface area (Å²) >= 11 is 5.91. The third-order valence-corrected chi connectivity index (χ3v) is 7.63. The Labute approximate surface area is 183 Å². The molecule has 1 aliphatic rings. The minimum Gasteiger partial charge on any atom is -0.290 e. The number of rotatable bonds is 6. The Bertz CT molecular complexity index is 1010. The van der Waals surface area contributed by atoms with Crippen LogP contribution in [0.15, 0.2) is 84.9 Å². The van der Waals surface area contributed by atoms with Gasteiger partial charge in [-0.25, -0.2) is 8.42 Å². The Morgan fingerprint density at radius 1 is 0.733 bits per heavy atom. The summed E-state index contributed by atoms with van der Waals surface area (Å²) in [4.78, 5) is 2.37. The largest absolute Gasteiger partial charge is 0.290 e. The predicted molar refractivity (Wildman–Crippen MR) is 122 cm³/mol. The summed E-state index contributed by atoms with van der Waals surface area (Å²) in [5, 5.41) is 0.609. The highest BCUT2D eigenvalue weighted by Crippen LogP contribution is 2.30. The summed E-state index contributed by atoms with van der Waals surface area (Å²) in [6, 6.07) is 27.9. The Hall–Kier alpha value is -2.18. The molecule has 3 aromatic rings. The smallest absolute Gasteiger partial charge is 0.218 e. The lowest BCUT2D eigenvalue weighted by atomic mass is 9.96. The highest BCUT2D eigenvalue weighted by atomic mass is 35.5. The van der Waals surface area contributed by atoms with E-state index in [2.05, 4.69) is 53.4 Å². The van der Waals surface area contributed by atoms with Crippen molar-refractivity contribution in [3.05, 3.63) is 107 Å². The molecule has 4 rings (SSSR count). The third kappa shape index (κ3) is 4.93. The highest BCUT2D eigenvalue weighted by molar-refractivity contribution is 7.88. The van der Waals surface area contributed by atoms with Crippen molar-refractivity contribution >= 4 is 21.6 Å². The average molecular weight is 441 g/mol. The van der Waals surface area contributed by atoms with Crippen molar-refractivity contribution in [2.75, 3.05) is 26.2 Å². The maximum Gasteiger partial charge on any atom is 0.218 e. The quantitative estimate of drug-likeness (QED) is 0.563. The SMILES string of the molecule is O=S(=O)(Cc1ccc(Cl)cc1)N1CCN(C(c2ccccc2)c2ccccc2)CC1. The molecular formula is C24H25ClN2O2S. The summed E-state index contributed by atoms with van der Waals surface area (Å²) in [6.07, 6.45) is 0. The van der Waals surface area contributed by atoms with Gasteiger partial charge in [-0.3, -0.25) is 4.90 Å². The lowest BCUT2D eigenvalue weighted by molar-refractivity contribution is 0.155. The molecule has 0 aromatic heterocycles. The third-order valence-electron chi connectivity index (χ3n) is 5.52. The van der Waals surface area contributed by atoms with Crippen LogP contribution in [0, 0.1) is 0 Å². The van der Waals surface area contributed by atoms with Crippen LogP contribution in [0.4, 0.5) is 0 Å². The zero-order valence-electron chi connectivity index (χ0n) is 16.7. The molecule has 1 aliphatic heterocycles. The molecule has 0 unspecified atom stereocenters. The normalized spacial score (nSPS) is 16.1. The Kier molecular flexibility index (Phi) is 6.54. The van der Waals surface area contributed by atoms with Crippen LogP contribution in [0.3, 0.4) is 0 Å². The second kappa shape index (κ2) is 9.31. The van der Waals surface area contributed by atoms with Gasteiger partial charge in [0.15, 0.2) is 0 Å². The number of benzene rings is 3. The van der Waals surface area contributed by atoms with Gasteiger partial charge in [0.1, 0.15) is 0 Å². The van der Waals surface area contributed by atoms with Crippen LogP contribution in [0.5, 0.6) is 0 Å². The molecule has 1 saturated heterocycles. The van der Waals surface area contributed by atoms with Crippen LogP contribution >= 0.6 is 11.6 Å². The predicted octanol–water partition coefficient (Wildman–Crippen LogP) is 4.58. The molecule has 30 heavy (non-hydrogen) atoms. The van der Waals surface area contributed by atoms with Gasteiger partial charge in [0, 0.05) is 31.2 Å². The van der Waals surface area contributed by atoms with Crippen LogP contribution in [-0.2, 0) is 15.8 Å². The zero-order chi connectivity index (χ0) is 21.0. The van der Waals surface area contributed by atoms with Crippen molar-refractivity contribution in [1.29, 1.82) is 0 Å². The molecule has 6 heteroatoms. The Morgan fingerprint density at radius 2 is 1.23 bits per heavy atom. The van der Waals surface area contributed by atoms with Crippen LogP contribution in [0.2, 0.25) is 5.02 Å². The lowest BCUT2D eigenvalue weighted by Crippen LogP contribution is -2.50. The minimum absolute atomic E-state index is 0.00493. The molecule has 0 radical (unpaired) electrons. The first-order valence-corrected chi connectivity index (χ1v) is 12.1. The van der Waals surface area contributed by atoms with Crippen molar-refractivity contribution in [3.63, 3.8) is 0 Å². The summed E-state index contributed by atoms with van der Waals surface area (Å²) in [6.45, 7) is 2.36. The van der Waals surface area contributed by atoms with Crippen molar-refractivity contribution < 1.29 is 8.42 Å². The second-order valence-electron chi connectivity index (χ2n) is 7.54. The van der Waals surface area contributed by atoms with Gasteiger partial charge in [0.2, 0.25) is 10.0 Å². The first-order chi connectivity index (χ1) is 14.5. The van der Waals surface area contributed by atoms with E-state index in [-0.39, 0.29) is 11.8 Å². The number of halogens is 1. The maximum absolute atomic E-state index is 12.9. The van der Waals surface area contributed by atoms with Gasteiger partial charge in [0.25, 0.3) is 0 Å². The molecule has 0 bridgehead atoms. The van der Waals surface area contributed by atoms with E-state index in [4.69, 9.17) is 11.6 Å². The highest BCUT2D eigenvalue weighted by Gasteiger charge is 2.31. The molecular weight excluding hydrogens is 416 g/mol. The Morgan fingerprint density at radius 3 is 1.73 bits per heavy atom. The number of nitrogens with zero attached hydrogens (tertiary/aromatic N) is 2. The van der Waals surface area contributed by atoms with E-state index in [1.165, 1.54) is 11.1 Å². The van der Waals surface area contributed by atoms with Crippen LogP contribution in [0.25, 0.3) is 0 Å². The number of hydrogen-bond acceptors (Lipinski definition) is 3. The second-order valence-corrected chi connectivity index (χ2v) is 9.95. The van der Waals surface area contributed by atoms with Gasteiger partial charge in [-0.05, 0) is 28.8 Å². The van der Waals surface area contributed by atoms with Crippen LogP contribution in [-0.4, -0.2) is 43.8 Å². The molecule has 3 aromatic carbocycles. The van der Waals surface area contributed by atoms with E-state index < -0.39 is 10.0 Å². The molecule has 0 aliphatic carbocycles. The van der Waals surface area contributed by atoms with Gasteiger partial charge in [-0.1, -0.05) is 84.4 Å². The fourth-order valence-corrected chi connectivity index (χ4v) is 5.65. The first-order valence-electron chi connectivity index (χ1n) is 10.1. The summed E-state index contributed by atoms with van der Waals surface area (Å²) in [5.41, 5.74) is 3.20. The zero-order valence-corrected chi connectivity index (χ0v) is 18.3. The summed E-state index contributed by atoms with van der Waals surface area (Å²) < 4.78 is 27.5.